The predicted molar refractivity (Wildman–Crippen MR) is 80.7 cm³/mol. The number of hydrogen-bond acceptors (Lipinski definition) is 5. The number of fused-ring (bicyclic) bond motifs is 1. The topological polar surface area (TPSA) is 98.3 Å². The Bertz CT molecular complexity index is 700. The highest BCUT2D eigenvalue weighted by atomic mass is 16.6. The van der Waals surface area contributed by atoms with E-state index < -0.39 is 9.85 Å². The average molecular weight is 289 g/mol. The molecule has 7 nitrogen and oxygen atoms in total. The van der Waals surface area contributed by atoms with E-state index in [2.05, 4.69) is 5.32 Å². The van der Waals surface area contributed by atoms with E-state index in [1.807, 2.05) is 6.92 Å². The van der Waals surface area contributed by atoms with E-state index in [9.17, 15) is 20.2 Å². The second-order valence-electron chi connectivity index (χ2n) is 4.63. The van der Waals surface area contributed by atoms with Crippen LogP contribution in [-0.4, -0.2) is 16.4 Å². The molecular formula is C14H15N3O4. The van der Waals surface area contributed by atoms with Gasteiger partial charge < -0.3 is 5.32 Å². The molecule has 0 aliphatic rings. The maximum atomic E-state index is 11.2. The van der Waals surface area contributed by atoms with Gasteiger partial charge >= 0.3 is 0 Å². The van der Waals surface area contributed by atoms with Gasteiger partial charge in [0, 0.05) is 11.9 Å². The zero-order valence-electron chi connectivity index (χ0n) is 11.5. The van der Waals surface area contributed by atoms with Crippen molar-refractivity contribution in [2.24, 2.45) is 0 Å². The van der Waals surface area contributed by atoms with Gasteiger partial charge in [0.15, 0.2) is 0 Å². The molecule has 0 fully saturated rings. The molecule has 0 aliphatic carbocycles. The van der Waals surface area contributed by atoms with E-state index in [0.717, 1.165) is 18.9 Å². The standard InChI is InChI=1S/C14H15N3O4/c1-2-3-8-15-14-11-7-5-4-6-10(11)12(16(18)19)9-13(14)17(20)21/h4-7,9,15H,2-3,8H2,1H3. The Labute approximate surface area is 120 Å². The lowest BCUT2D eigenvalue weighted by molar-refractivity contribution is -0.392. The van der Waals surface area contributed by atoms with Crippen LogP contribution in [0.5, 0.6) is 0 Å². The van der Waals surface area contributed by atoms with Crippen molar-refractivity contribution in [1.82, 2.24) is 0 Å². The molecular weight excluding hydrogens is 274 g/mol. The van der Waals surface area contributed by atoms with Crippen molar-refractivity contribution in [3.05, 3.63) is 50.6 Å². The van der Waals surface area contributed by atoms with Gasteiger partial charge in [0.25, 0.3) is 11.4 Å². The lowest BCUT2D eigenvalue weighted by Crippen LogP contribution is -2.05. The Hall–Kier alpha value is -2.70. The third kappa shape index (κ3) is 2.91. The molecule has 0 atom stereocenters. The molecule has 7 heteroatoms. The van der Waals surface area contributed by atoms with E-state index in [-0.39, 0.29) is 11.4 Å². The van der Waals surface area contributed by atoms with E-state index in [4.69, 9.17) is 0 Å². The second-order valence-corrected chi connectivity index (χ2v) is 4.63. The summed E-state index contributed by atoms with van der Waals surface area (Å²) in [6, 6.07) is 7.67. The minimum absolute atomic E-state index is 0.252. The lowest BCUT2D eigenvalue weighted by atomic mass is 10.0. The molecule has 0 radical (unpaired) electrons. The summed E-state index contributed by atoms with van der Waals surface area (Å²) in [5.74, 6) is 0. The molecule has 0 amide bonds. The third-order valence-corrected chi connectivity index (χ3v) is 3.23. The molecule has 110 valence electrons. The molecule has 0 unspecified atom stereocenters. The molecule has 1 N–H and O–H groups in total. The number of unbranched alkanes of at least 4 members (excludes halogenated alkanes) is 1. The van der Waals surface area contributed by atoms with Crippen LogP contribution in [0.2, 0.25) is 0 Å². The largest absolute Gasteiger partial charge is 0.379 e. The fourth-order valence-corrected chi connectivity index (χ4v) is 2.21. The van der Waals surface area contributed by atoms with Crippen LogP contribution in [0.15, 0.2) is 30.3 Å². The van der Waals surface area contributed by atoms with Crippen LogP contribution in [0.1, 0.15) is 19.8 Å². The molecule has 0 heterocycles. The molecule has 21 heavy (non-hydrogen) atoms. The van der Waals surface area contributed by atoms with Crippen molar-refractivity contribution < 1.29 is 9.85 Å². The van der Waals surface area contributed by atoms with Crippen LogP contribution in [-0.2, 0) is 0 Å². The fraction of sp³-hybridized carbons (Fsp3) is 0.286. The minimum atomic E-state index is -0.592. The number of non-ortho nitro benzene ring substituents is 1. The van der Waals surface area contributed by atoms with E-state index in [1.54, 1.807) is 24.3 Å². The van der Waals surface area contributed by atoms with Gasteiger partial charge in [-0.3, -0.25) is 20.2 Å². The van der Waals surface area contributed by atoms with Gasteiger partial charge in [0.05, 0.1) is 21.3 Å². The summed E-state index contributed by atoms with van der Waals surface area (Å²) in [6.45, 7) is 2.60. The predicted octanol–water partition coefficient (Wildman–Crippen LogP) is 3.87. The molecule has 0 aliphatic heterocycles. The summed E-state index contributed by atoms with van der Waals surface area (Å²) in [7, 11) is 0. The number of anilines is 1. The summed E-state index contributed by atoms with van der Waals surface area (Å²) >= 11 is 0. The highest BCUT2D eigenvalue weighted by Crippen LogP contribution is 2.39. The fourth-order valence-electron chi connectivity index (χ4n) is 2.21. The average Bonchev–Trinajstić information content (AvgIpc) is 2.46. The SMILES string of the molecule is CCCCNc1c([N+](=O)[O-])cc([N+](=O)[O-])c2ccccc12. The molecule has 0 spiro atoms. The van der Waals surface area contributed by atoms with E-state index >= 15 is 0 Å². The maximum Gasteiger partial charge on any atom is 0.299 e. The molecule has 0 saturated carbocycles. The Morgan fingerprint density at radius 2 is 1.67 bits per heavy atom. The van der Waals surface area contributed by atoms with Crippen molar-refractivity contribution in [3.8, 4) is 0 Å². The number of rotatable bonds is 6. The Morgan fingerprint density at radius 3 is 2.24 bits per heavy atom. The maximum absolute atomic E-state index is 11.2. The van der Waals surface area contributed by atoms with Gasteiger partial charge in [-0.25, -0.2) is 0 Å². The monoisotopic (exact) mass is 289 g/mol. The van der Waals surface area contributed by atoms with E-state index in [1.165, 1.54) is 0 Å². The zero-order valence-corrected chi connectivity index (χ0v) is 11.5. The van der Waals surface area contributed by atoms with Gasteiger partial charge in [0.2, 0.25) is 0 Å². The number of nitro benzene ring substituents is 2. The summed E-state index contributed by atoms with van der Waals surface area (Å²) in [4.78, 5) is 21.2. The highest BCUT2D eigenvalue weighted by molar-refractivity contribution is 6.03. The molecule has 2 rings (SSSR count). The van der Waals surface area contributed by atoms with Crippen LogP contribution in [0.3, 0.4) is 0 Å². The first-order valence-corrected chi connectivity index (χ1v) is 6.64. The van der Waals surface area contributed by atoms with Crippen molar-refractivity contribution >= 4 is 27.8 Å². The van der Waals surface area contributed by atoms with Crippen LogP contribution >= 0.6 is 0 Å². The first-order valence-electron chi connectivity index (χ1n) is 6.64. The first-order chi connectivity index (χ1) is 10.1. The summed E-state index contributed by atoms with van der Waals surface area (Å²) < 4.78 is 0. The quantitative estimate of drug-likeness (QED) is 0.494. The van der Waals surface area contributed by atoms with Crippen molar-refractivity contribution in [2.45, 2.75) is 19.8 Å². The summed E-state index contributed by atoms with van der Waals surface area (Å²) in [5, 5.41) is 26.3. The smallest absolute Gasteiger partial charge is 0.299 e. The van der Waals surface area contributed by atoms with Gasteiger partial charge in [-0.2, -0.15) is 0 Å². The minimum Gasteiger partial charge on any atom is -0.379 e. The molecule has 0 aromatic heterocycles. The van der Waals surface area contributed by atoms with Crippen LogP contribution < -0.4 is 5.32 Å². The number of nitrogens with one attached hydrogen (secondary N) is 1. The van der Waals surface area contributed by atoms with E-state index in [0.29, 0.717) is 23.0 Å². The second kappa shape index (κ2) is 6.17. The Kier molecular flexibility index (Phi) is 4.32. The first kappa shape index (κ1) is 14.7. The number of nitrogens with zero attached hydrogens (tertiary/aromatic N) is 2. The number of hydrogen-bond donors (Lipinski definition) is 1. The van der Waals surface area contributed by atoms with Gasteiger partial charge in [-0.05, 0) is 12.5 Å². The molecule has 2 aromatic rings. The highest BCUT2D eigenvalue weighted by Gasteiger charge is 2.24. The number of nitro groups is 2. The lowest BCUT2D eigenvalue weighted by Gasteiger charge is -2.10. The van der Waals surface area contributed by atoms with Crippen molar-refractivity contribution in [1.29, 1.82) is 0 Å². The van der Waals surface area contributed by atoms with Gasteiger partial charge in [-0.15, -0.1) is 0 Å². The zero-order chi connectivity index (χ0) is 15.4. The molecule has 0 saturated heterocycles. The van der Waals surface area contributed by atoms with Crippen LogP contribution in [0.25, 0.3) is 10.8 Å². The third-order valence-electron chi connectivity index (χ3n) is 3.23. The summed E-state index contributed by atoms with van der Waals surface area (Å²) in [6.07, 6.45) is 1.81. The summed E-state index contributed by atoms with van der Waals surface area (Å²) in [5.41, 5.74) is -0.176. The Balaban J connectivity index is 2.68. The van der Waals surface area contributed by atoms with Crippen LogP contribution in [0, 0.1) is 20.2 Å². The molecule has 0 bridgehead atoms. The van der Waals surface area contributed by atoms with Gasteiger partial charge in [0.1, 0.15) is 5.69 Å². The molecule has 2 aromatic carbocycles. The van der Waals surface area contributed by atoms with Gasteiger partial charge in [-0.1, -0.05) is 31.5 Å². The normalized spacial score (nSPS) is 10.5. The van der Waals surface area contributed by atoms with Crippen molar-refractivity contribution in [3.63, 3.8) is 0 Å². The number of benzene rings is 2. The Morgan fingerprint density at radius 1 is 1.05 bits per heavy atom. The van der Waals surface area contributed by atoms with Crippen LogP contribution in [0.4, 0.5) is 17.1 Å². The van der Waals surface area contributed by atoms with Crippen molar-refractivity contribution in [2.75, 3.05) is 11.9 Å².